The van der Waals surface area contributed by atoms with Gasteiger partial charge in [-0.3, -0.25) is 0 Å². The zero-order chi connectivity index (χ0) is 12.4. The van der Waals surface area contributed by atoms with Crippen LogP contribution in [0.2, 0.25) is 0 Å². The molecular weight excluding hydrogens is 218 g/mol. The van der Waals surface area contributed by atoms with E-state index in [-0.39, 0.29) is 5.56 Å². The van der Waals surface area contributed by atoms with Gasteiger partial charge in [-0.1, -0.05) is 12.2 Å². The molecule has 90 valence electrons. The van der Waals surface area contributed by atoms with Crippen molar-refractivity contribution < 1.29 is 9.90 Å². The highest BCUT2D eigenvalue weighted by Gasteiger charge is 2.22. The number of rotatable bonds is 2. The van der Waals surface area contributed by atoms with Crippen LogP contribution in [0.4, 0.5) is 5.82 Å². The first-order valence-corrected chi connectivity index (χ1v) is 5.58. The van der Waals surface area contributed by atoms with E-state index in [1.807, 2.05) is 11.0 Å². The summed E-state index contributed by atoms with van der Waals surface area (Å²) >= 11 is 0. The van der Waals surface area contributed by atoms with E-state index in [4.69, 9.17) is 0 Å². The second-order valence-electron chi connectivity index (χ2n) is 4.12. The van der Waals surface area contributed by atoms with Gasteiger partial charge in [0.05, 0.1) is 5.69 Å². The van der Waals surface area contributed by atoms with Crippen LogP contribution in [0.25, 0.3) is 0 Å². The highest BCUT2D eigenvalue weighted by atomic mass is 16.4. The molecule has 0 aliphatic carbocycles. The Kier molecular flexibility index (Phi) is 3.08. The van der Waals surface area contributed by atoms with Gasteiger partial charge in [0, 0.05) is 13.1 Å². The van der Waals surface area contributed by atoms with Crippen LogP contribution >= 0.6 is 0 Å². The highest BCUT2D eigenvalue weighted by Crippen LogP contribution is 2.23. The van der Waals surface area contributed by atoms with Gasteiger partial charge < -0.3 is 10.0 Å². The van der Waals surface area contributed by atoms with Crippen molar-refractivity contribution in [1.82, 2.24) is 10.2 Å². The van der Waals surface area contributed by atoms with Crippen LogP contribution in [0.15, 0.2) is 12.2 Å². The van der Waals surface area contributed by atoms with Crippen LogP contribution in [0.5, 0.6) is 0 Å². The Labute approximate surface area is 99.8 Å². The minimum absolute atomic E-state index is 0.271. The van der Waals surface area contributed by atoms with Crippen LogP contribution in [0, 0.1) is 13.8 Å². The Morgan fingerprint density at radius 2 is 2.12 bits per heavy atom. The molecule has 0 saturated heterocycles. The van der Waals surface area contributed by atoms with Gasteiger partial charge in [-0.2, -0.15) is 5.10 Å². The van der Waals surface area contributed by atoms with Crippen LogP contribution in [0.3, 0.4) is 0 Å². The molecule has 2 heterocycles. The number of nitrogens with zero attached hydrogens (tertiary/aromatic N) is 3. The first-order valence-electron chi connectivity index (χ1n) is 5.58. The van der Waals surface area contributed by atoms with Crippen molar-refractivity contribution in [2.24, 2.45) is 0 Å². The van der Waals surface area contributed by atoms with Crippen molar-refractivity contribution in [3.8, 4) is 0 Å². The molecule has 0 amide bonds. The van der Waals surface area contributed by atoms with E-state index < -0.39 is 5.97 Å². The van der Waals surface area contributed by atoms with Crippen molar-refractivity contribution in [1.29, 1.82) is 0 Å². The zero-order valence-corrected chi connectivity index (χ0v) is 9.97. The Balaban J connectivity index is 2.49. The van der Waals surface area contributed by atoms with E-state index in [9.17, 15) is 9.90 Å². The van der Waals surface area contributed by atoms with Gasteiger partial charge in [-0.15, -0.1) is 5.10 Å². The fourth-order valence-electron chi connectivity index (χ4n) is 1.91. The van der Waals surface area contributed by atoms with E-state index in [1.165, 1.54) is 0 Å². The molecule has 0 unspecified atom stereocenters. The SMILES string of the molecule is Cc1nnc(N2CC=CCC2)c(C(=O)O)c1C. The van der Waals surface area contributed by atoms with Crippen LogP contribution in [-0.4, -0.2) is 34.4 Å². The van der Waals surface area contributed by atoms with E-state index >= 15 is 0 Å². The predicted molar refractivity (Wildman–Crippen MR) is 64.4 cm³/mol. The molecule has 0 aromatic carbocycles. The molecule has 1 aromatic rings. The van der Waals surface area contributed by atoms with E-state index in [0.717, 1.165) is 13.0 Å². The van der Waals surface area contributed by atoms with E-state index in [0.29, 0.717) is 23.6 Å². The quantitative estimate of drug-likeness (QED) is 0.785. The molecule has 0 radical (unpaired) electrons. The summed E-state index contributed by atoms with van der Waals surface area (Å²) in [5.74, 6) is -0.463. The lowest BCUT2D eigenvalue weighted by atomic mass is 10.1. The summed E-state index contributed by atoms with van der Waals surface area (Å²) in [6.45, 7) is 5.02. The molecule has 0 atom stereocenters. The average Bonchev–Trinajstić information content (AvgIpc) is 2.33. The number of aromatic nitrogens is 2. The topological polar surface area (TPSA) is 66.3 Å². The standard InChI is InChI=1S/C12H15N3O2/c1-8-9(2)13-14-11(10(8)12(16)17)15-6-4-3-5-7-15/h3-4H,5-7H2,1-2H3,(H,16,17). The van der Waals surface area contributed by atoms with Crippen molar-refractivity contribution in [2.45, 2.75) is 20.3 Å². The van der Waals surface area contributed by atoms with Gasteiger partial charge in [-0.05, 0) is 25.8 Å². The highest BCUT2D eigenvalue weighted by molar-refractivity contribution is 5.95. The maximum Gasteiger partial charge on any atom is 0.339 e. The predicted octanol–water partition coefficient (Wildman–Crippen LogP) is 1.56. The third-order valence-corrected chi connectivity index (χ3v) is 3.01. The Morgan fingerprint density at radius 1 is 1.35 bits per heavy atom. The number of carboxylic acid groups (broad SMARTS) is 1. The second-order valence-corrected chi connectivity index (χ2v) is 4.12. The lowest BCUT2D eigenvalue weighted by Crippen LogP contribution is -2.30. The summed E-state index contributed by atoms with van der Waals surface area (Å²) in [5.41, 5.74) is 1.63. The molecule has 0 spiro atoms. The Bertz CT molecular complexity index is 483. The third-order valence-electron chi connectivity index (χ3n) is 3.01. The average molecular weight is 233 g/mol. The lowest BCUT2D eigenvalue weighted by molar-refractivity contribution is 0.0696. The number of aryl methyl sites for hydroxylation is 1. The molecule has 17 heavy (non-hydrogen) atoms. The fraction of sp³-hybridized carbons (Fsp3) is 0.417. The maximum absolute atomic E-state index is 11.3. The van der Waals surface area contributed by atoms with Gasteiger partial charge in [0.2, 0.25) is 0 Å². The van der Waals surface area contributed by atoms with Gasteiger partial charge >= 0.3 is 5.97 Å². The molecular formula is C12H15N3O2. The molecule has 1 aliphatic heterocycles. The van der Waals surface area contributed by atoms with Crippen molar-refractivity contribution in [3.05, 3.63) is 29.0 Å². The van der Waals surface area contributed by atoms with Crippen LogP contribution in [0.1, 0.15) is 28.0 Å². The summed E-state index contributed by atoms with van der Waals surface area (Å²) < 4.78 is 0. The summed E-state index contributed by atoms with van der Waals surface area (Å²) in [6.07, 6.45) is 5.02. The molecule has 0 bridgehead atoms. The Hall–Kier alpha value is -1.91. The third kappa shape index (κ3) is 2.13. The summed E-state index contributed by atoms with van der Waals surface area (Å²) in [5, 5.41) is 17.4. The molecule has 1 aliphatic rings. The smallest absolute Gasteiger partial charge is 0.339 e. The molecule has 0 saturated carbocycles. The molecule has 1 aromatic heterocycles. The van der Waals surface area contributed by atoms with E-state index in [2.05, 4.69) is 16.3 Å². The number of hydrogen-bond acceptors (Lipinski definition) is 4. The zero-order valence-electron chi connectivity index (χ0n) is 9.97. The summed E-state index contributed by atoms with van der Waals surface area (Å²) in [6, 6.07) is 0. The monoisotopic (exact) mass is 233 g/mol. The first kappa shape index (κ1) is 11.6. The van der Waals surface area contributed by atoms with Gasteiger partial charge in [0.15, 0.2) is 5.82 Å². The number of carboxylic acids is 1. The van der Waals surface area contributed by atoms with Crippen molar-refractivity contribution in [2.75, 3.05) is 18.0 Å². The molecule has 2 rings (SSSR count). The van der Waals surface area contributed by atoms with E-state index in [1.54, 1.807) is 13.8 Å². The minimum atomic E-state index is -0.940. The molecule has 5 heteroatoms. The first-order chi connectivity index (χ1) is 8.11. The maximum atomic E-state index is 11.3. The summed E-state index contributed by atoms with van der Waals surface area (Å²) in [7, 11) is 0. The number of hydrogen-bond donors (Lipinski definition) is 1. The van der Waals surface area contributed by atoms with Gasteiger partial charge in [0.25, 0.3) is 0 Å². The number of aromatic carboxylic acids is 1. The Morgan fingerprint density at radius 3 is 2.71 bits per heavy atom. The van der Waals surface area contributed by atoms with Crippen molar-refractivity contribution >= 4 is 11.8 Å². The molecule has 0 fully saturated rings. The fourth-order valence-corrected chi connectivity index (χ4v) is 1.91. The van der Waals surface area contributed by atoms with Crippen molar-refractivity contribution in [3.63, 3.8) is 0 Å². The largest absolute Gasteiger partial charge is 0.478 e. The number of carbonyl (C=O) groups is 1. The minimum Gasteiger partial charge on any atom is -0.478 e. The van der Waals surface area contributed by atoms with Gasteiger partial charge in [-0.25, -0.2) is 4.79 Å². The summed E-state index contributed by atoms with van der Waals surface area (Å²) in [4.78, 5) is 13.3. The lowest BCUT2D eigenvalue weighted by Gasteiger charge is -2.25. The normalized spacial score (nSPS) is 15.1. The molecule has 5 nitrogen and oxygen atoms in total. The van der Waals surface area contributed by atoms with Crippen LogP contribution in [-0.2, 0) is 0 Å². The number of anilines is 1. The van der Waals surface area contributed by atoms with Crippen LogP contribution < -0.4 is 4.90 Å². The van der Waals surface area contributed by atoms with Gasteiger partial charge in [0.1, 0.15) is 5.56 Å². The molecule has 1 N–H and O–H groups in total. The second kappa shape index (κ2) is 4.53.